The van der Waals surface area contributed by atoms with E-state index in [9.17, 15) is 15.0 Å². The Bertz CT molecular complexity index is 1450. The second-order valence-electron chi connectivity index (χ2n) is 9.39. The molecule has 0 aliphatic rings. The molecule has 208 valence electrons. The number of carboxylic acid groups (broad SMARTS) is 1. The fraction of sp³-hybridized carbons (Fsp3) is 0.242. The number of aromatic carboxylic acids is 1. The minimum absolute atomic E-state index is 0.108. The molecule has 6 nitrogen and oxygen atoms in total. The van der Waals surface area contributed by atoms with Gasteiger partial charge in [-0.05, 0) is 59.6 Å². The van der Waals surface area contributed by atoms with Crippen molar-refractivity contribution in [2.24, 2.45) is 0 Å². The number of hydrogen-bond donors (Lipinski definition) is 2. The molecule has 4 aromatic rings. The summed E-state index contributed by atoms with van der Waals surface area (Å²) in [6.07, 6.45) is 3.02. The molecule has 0 saturated heterocycles. The molecular weight excluding hydrogens is 523 g/mol. The first kappa shape index (κ1) is 29.0. The number of phenols is 1. The molecule has 2 N–H and O–H groups in total. The normalized spacial score (nSPS) is 10.8. The maximum absolute atomic E-state index is 11.6. The zero-order chi connectivity index (χ0) is 28.5. The van der Waals surface area contributed by atoms with Crippen molar-refractivity contribution in [2.75, 3.05) is 13.2 Å². The topological polar surface area (TPSA) is 85.2 Å². The molecule has 1 atom stereocenters. The molecule has 40 heavy (non-hydrogen) atoms. The number of hydrogen-bond acceptors (Lipinski definition) is 5. The van der Waals surface area contributed by atoms with E-state index in [-0.39, 0.29) is 11.3 Å². The van der Waals surface area contributed by atoms with Crippen molar-refractivity contribution in [3.05, 3.63) is 95.6 Å². The second kappa shape index (κ2) is 13.9. The van der Waals surface area contributed by atoms with Crippen LogP contribution >= 0.6 is 9.24 Å². The van der Waals surface area contributed by atoms with Crippen LogP contribution in [0.5, 0.6) is 28.7 Å². The lowest BCUT2D eigenvalue weighted by Gasteiger charge is -2.17. The number of rotatable bonds is 13. The standard InChI is InChI=1S/C33H35O6P/c1-3-9-25-29(12-7-13-30(25)39-31-11-6-5-10-26(31)33(35)36)37-18-8-19-38-32-21-28(34)27(20-22(32)4-2)23-14-16-24(40)17-15-23/h5-7,10-17,20-21,34H,3-4,8-9,18-19,40H2,1-2H3,(H,35,36). The third kappa shape index (κ3) is 7.13. The number of benzene rings is 4. The average molecular weight is 559 g/mol. The van der Waals surface area contributed by atoms with Crippen LogP contribution in [0.3, 0.4) is 0 Å². The van der Waals surface area contributed by atoms with Gasteiger partial charge < -0.3 is 24.4 Å². The zero-order valence-corrected chi connectivity index (χ0v) is 24.0. The Kier molecular flexibility index (Phi) is 10.0. The molecule has 0 heterocycles. The molecule has 0 fully saturated rings. The van der Waals surface area contributed by atoms with E-state index in [0.29, 0.717) is 42.6 Å². The van der Waals surface area contributed by atoms with Gasteiger partial charge in [0.05, 0.1) is 13.2 Å². The highest BCUT2D eigenvalue weighted by Crippen LogP contribution is 2.36. The predicted octanol–water partition coefficient (Wildman–Crippen LogP) is 7.41. The summed E-state index contributed by atoms with van der Waals surface area (Å²) in [7, 11) is 2.67. The van der Waals surface area contributed by atoms with Gasteiger partial charge in [-0.15, -0.1) is 9.24 Å². The predicted molar refractivity (Wildman–Crippen MR) is 162 cm³/mol. The summed E-state index contributed by atoms with van der Waals surface area (Å²) in [4.78, 5) is 11.6. The molecule has 0 amide bonds. The largest absolute Gasteiger partial charge is 0.507 e. The van der Waals surface area contributed by atoms with E-state index in [1.807, 2.05) is 48.5 Å². The fourth-order valence-electron chi connectivity index (χ4n) is 4.47. The number of para-hydroxylation sites is 1. The number of carboxylic acids is 1. The van der Waals surface area contributed by atoms with E-state index in [1.54, 1.807) is 24.3 Å². The van der Waals surface area contributed by atoms with Crippen LogP contribution in [-0.4, -0.2) is 29.4 Å². The SMILES string of the molecule is CCCc1c(OCCCOc2cc(O)c(-c3ccc(P)cc3)cc2CC)cccc1Oc1ccccc1C(=O)O. The molecule has 1 unspecified atom stereocenters. The van der Waals surface area contributed by atoms with Crippen molar-refractivity contribution in [3.8, 4) is 39.9 Å². The van der Waals surface area contributed by atoms with Crippen molar-refractivity contribution < 1.29 is 29.2 Å². The van der Waals surface area contributed by atoms with E-state index >= 15 is 0 Å². The Morgan fingerprint density at radius 3 is 2.20 bits per heavy atom. The molecular formula is C33H35O6P. The maximum atomic E-state index is 11.6. The van der Waals surface area contributed by atoms with Crippen molar-refractivity contribution in [1.82, 2.24) is 0 Å². The van der Waals surface area contributed by atoms with E-state index < -0.39 is 5.97 Å². The first-order chi connectivity index (χ1) is 19.4. The van der Waals surface area contributed by atoms with Crippen LogP contribution in [0.25, 0.3) is 11.1 Å². The van der Waals surface area contributed by atoms with Crippen molar-refractivity contribution in [1.29, 1.82) is 0 Å². The summed E-state index contributed by atoms with van der Waals surface area (Å²) >= 11 is 0. The van der Waals surface area contributed by atoms with Crippen LogP contribution < -0.4 is 19.5 Å². The van der Waals surface area contributed by atoms with Gasteiger partial charge in [0.15, 0.2) is 0 Å². The lowest BCUT2D eigenvalue weighted by atomic mass is 10.00. The van der Waals surface area contributed by atoms with E-state index in [4.69, 9.17) is 14.2 Å². The third-order valence-electron chi connectivity index (χ3n) is 6.51. The monoisotopic (exact) mass is 558 g/mol. The van der Waals surface area contributed by atoms with Gasteiger partial charge in [-0.2, -0.15) is 0 Å². The van der Waals surface area contributed by atoms with Crippen LogP contribution in [0, 0.1) is 0 Å². The van der Waals surface area contributed by atoms with E-state index in [0.717, 1.165) is 46.8 Å². The molecule has 4 rings (SSSR count). The summed E-state index contributed by atoms with van der Waals surface area (Å²) in [6.45, 7) is 5.00. The van der Waals surface area contributed by atoms with Gasteiger partial charge in [-0.25, -0.2) is 4.79 Å². The van der Waals surface area contributed by atoms with Crippen LogP contribution in [-0.2, 0) is 12.8 Å². The summed E-state index contributed by atoms with van der Waals surface area (Å²) in [5, 5.41) is 21.3. The molecule has 0 spiro atoms. The molecule has 0 aliphatic carbocycles. The minimum atomic E-state index is -1.04. The van der Waals surface area contributed by atoms with Crippen molar-refractivity contribution in [2.45, 2.75) is 39.5 Å². The summed E-state index contributed by atoms with van der Waals surface area (Å²) in [5.74, 6) is 1.40. The van der Waals surface area contributed by atoms with Crippen molar-refractivity contribution in [3.63, 3.8) is 0 Å². The molecule has 0 aromatic heterocycles. The average Bonchev–Trinajstić information content (AvgIpc) is 2.95. The van der Waals surface area contributed by atoms with Crippen LogP contribution in [0.15, 0.2) is 78.9 Å². The van der Waals surface area contributed by atoms with Gasteiger partial charge in [0.1, 0.15) is 34.3 Å². The van der Waals surface area contributed by atoms with Gasteiger partial charge in [0.2, 0.25) is 0 Å². The van der Waals surface area contributed by atoms with Gasteiger partial charge in [0.25, 0.3) is 0 Å². The fourth-order valence-corrected chi connectivity index (χ4v) is 4.66. The van der Waals surface area contributed by atoms with Gasteiger partial charge in [0, 0.05) is 23.6 Å². The van der Waals surface area contributed by atoms with Gasteiger partial charge >= 0.3 is 5.97 Å². The summed E-state index contributed by atoms with van der Waals surface area (Å²) < 4.78 is 18.2. The molecule has 0 saturated carbocycles. The number of phenolic OH excluding ortho intramolecular Hbond substituents is 1. The lowest BCUT2D eigenvalue weighted by Crippen LogP contribution is -2.08. The molecule has 4 aromatic carbocycles. The Balaban J connectivity index is 1.40. The molecule has 7 heteroatoms. The summed E-state index contributed by atoms with van der Waals surface area (Å²) in [5.41, 5.74) is 3.78. The van der Waals surface area contributed by atoms with E-state index in [2.05, 4.69) is 23.1 Å². The first-order valence-corrected chi connectivity index (χ1v) is 14.1. The van der Waals surface area contributed by atoms with Gasteiger partial charge in [-0.3, -0.25) is 0 Å². The van der Waals surface area contributed by atoms with E-state index in [1.165, 1.54) is 6.07 Å². The lowest BCUT2D eigenvalue weighted by molar-refractivity contribution is 0.0694. The minimum Gasteiger partial charge on any atom is -0.507 e. The zero-order valence-electron chi connectivity index (χ0n) is 22.9. The Hall–Kier alpha value is -4.02. The molecule has 0 bridgehead atoms. The highest BCUT2D eigenvalue weighted by molar-refractivity contribution is 7.27. The number of aromatic hydroxyl groups is 1. The smallest absolute Gasteiger partial charge is 0.339 e. The molecule has 0 radical (unpaired) electrons. The van der Waals surface area contributed by atoms with Crippen LogP contribution in [0.2, 0.25) is 0 Å². The first-order valence-electron chi connectivity index (χ1n) is 13.5. The van der Waals surface area contributed by atoms with Crippen LogP contribution in [0.1, 0.15) is 48.2 Å². The highest BCUT2D eigenvalue weighted by Gasteiger charge is 2.16. The summed E-state index contributed by atoms with van der Waals surface area (Å²) in [6, 6.07) is 23.8. The number of aryl methyl sites for hydroxylation is 1. The Morgan fingerprint density at radius 2 is 1.50 bits per heavy atom. The number of carbonyl (C=O) groups is 1. The highest BCUT2D eigenvalue weighted by atomic mass is 31.0. The Morgan fingerprint density at radius 1 is 0.825 bits per heavy atom. The number of ether oxygens (including phenoxy) is 3. The van der Waals surface area contributed by atoms with Gasteiger partial charge in [-0.1, -0.05) is 62.7 Å². The maximum Gasteiger partial charge on any atom is 0.339 e. The van der Waals surface area contributed by atoms with Crippen LogP contribution in [0.4, 0.5) is 0 Å². The third-order valence-corrected chi connectivity index (χ3v) is 6.90. The van der Waals surface area contributed by atoms with Crippen molar-refractivity contribution >= 4 is 20.5 Å². The second-order valence-corrected chi connectivity index (χ2v) is 10.1. The Labute approximate surface area is 237 Å². The molecule has 0 aliphatic heterocycles. The quantitative estimate of drug-likeness (QED) is 0.131.